The molecule has 2 heterocycles. The number of benzene rings is 6. The van der Waals surface area contributed by atoms with E-state index in [-0.39, 0.29) is 9.06 Å². The van der Waals surface area contributed by atoms with Crippen LogP contribution in [0.15, 0.2) is 146 Å². The van der Waals surface area contributed by atoms with E-state index in [1.807, 2.05) is 25.2 Å². The molecule has 0 saturated carbocycles. The van der Waals surface area contributed by atoms with E-state index in [2.05, 4.69) is 132 Å². The highest BCUT2D eigenvalue weighted by atomic mass is 31.0. The summed E-state index contributed by atoms with van der Waals surface area (Å²) in [7, 11) is -0.0146. The molecule has 0 aliphatic heterocycles. The Balaban J connectivity index is 1.24. The van der Waals surface area contributed by atoms with Gasteiger partial charge in [0.05, 0.1) is 22.2 Å². The van der Waals surface area contributed by atoms with E-state index in [1.54, 1.807) is 0 Å². The van der Waals surface area contributed by atoms with Gasteiger partial charge in [-0.25, -0.2) is 9.97 Å². The van der Waals surface area contributed by atoms with Crippen LogP contribution in [0.2, 0.25) is 0 Å². The molecule has 1 unspecified atom stereocenters. The molecule has 6 aromatic carbocycles. The number of aromatic nitrogens is 3. The van der Waals surface area contributed by atoms with Gasteiger partial charge in [-0.05, 0) is 53.6 Å². The number of hydrogen-bond donors (Lipinski definition) is 0. The Morgan fingerprint density at radius 3 is 1.84 bits per heavy atom. The average Bonchev–Trinajstić information content (AvgIpc) is 3.43. The predicted octanol–water partition coefficient (Wildman–Crippen LogP) is 8.85. The third-order valence-electron chi connectivity index (χ3n) is 8.12. The minimum atomic E-state index is -0.0146. The summed E-state index contributed by atoms with van der Waals surface area (Å²) in [6.07, 6.45) is 0. The molecular weight excluding hydrogens is 540 g/mol. The zero-order chi connectivity index (χ0) is 29.5. The van der Waals surface area contributed by atoms with E-state index in [0.717, 1.165) is 44.4 Å². The van der Waals surface area contributed by atoms with Crippen LogP contribution in [0.5, 0.6) is 0 Å². The second-order valence-electron chi connectivity index (χ2n) is 10.7. The minimum absolute atomic E-state index is 0.0146. The molecule has 1 atom stereocenters. The Bertz CT molecular complexity index is 2230. The summed E-state index contributed by atoms with van der Waals surface area (Å²) >= 11 is 0. The van der Waals surface area contributed by atoms with Crippen molar-refractivity contribution in [2.45, 2.75) is 0 Å². The normalized spacial score (nSPS) is 12.0. The van der Waals surface area contributed by atoms with E-state index in [9.17, 15) is 0 Å². The molecule has 5 heteroatoms. The third kappa shape index (κ3) is 4.52. The average molecular weight is 568 g/mol. The van der Waals surface area contributed by atoms with Crippen LogP contribution in [-0.2, 0) is 0 Å². The fourth-order valence-electron chi connectivity index (χ4n) is 6.00. The van der Waals surface area contributed by atoms with Crippen LogP contribution < -0.4 is 5.46 Å². The number of rotatable bonds is 6. The van der Waals surface area contributed by atoms with E-state index < -0.39 is 0 Å². The highest BCUT2D eigenvalue weighted by Gasteiger charge is 2.15. The van der Waals surface area contributed by atoms with Crippen molar-refractivity contribution >= 4 is 54.2 Å². The van der Waals surface area contributed by atoms with Crippen molar-refractivity contribution in [3.8, 4) is 39.5 Å². The summed E-state index contributed by atoms with van der Waals surface area (Å²) in [6, 6.07) is 50.8. The zero-order valence-electron chi connectivity index (χ0n) is 24.3. The second-order valence-corrected chi connectivity index (χ2v) is 11.0. The number of fused-ring (bicyclic) bond motifs is 4. The van der Waals surface area contributed by atoms with E-state index in [0.29, 0.717) is 5.82 Å². The van der Waals surface area contributed by atoms with Gasteiger partial charge in [-0.2, -0.15) is 9.06 Å². The van der Waals surface area contributed by atoms with Gasteiger partial charge in [-0.15, -0.1) is 0 Å². The van der Waals surface area contributed by atoms with Crippen molar-refractivity contribution < 1.29 is 0 Å². The summed E-state index contributed by atoms with van der Waals surface area (Å²) < 4.78 is 10.0. The summed E-state index contributed by atoms with van der Waals surface area (Å²) in [4.78, 5) is 10.2. The molecule has 2 aromatic heterocycles. The Labute approximate surface area is 254 Å². The summed E-state index contributed by atoms with van der Waals surface area (Å²) in [5.74, 6) is 0.688. The second kappa shape index (κ2) is 10.7. The Morgan fingerprint density at radius 1 is 0.535 bits per heavy atom. The highest BCUT2D eigenvalue weighted by Crippen LogP contribution is 2.34. The maximum Gasteiger partial charge on any atom is 0.178 e. The van der Waals surface area contributed by atoms with Gasteiger partial charge >= 0.3 is 0 Å². The molecule has 1 radical (unpaired) electrons. The molecule has 0 bridgehead atoms. The Kier molecular flexibility index (Phi) is 6.08. The lowest BCUT2D eigenvalue weighted by molar-refractivity contribution is 1.17. The van der Waals surface area contributed by atoms with Gasteiger partial charge in [-0.1, -0.05) is 109 Å². The fraction of sp³-hybridized carbons (Fsp3) is 0. The predicted molar refractivity (Wildman–Crippen MR) is 185 cm³/mol. The molecule has 0 amide bonds. The van der Waals surface area contributed by atoms with Crippen LogP contribution in [0.3, 0.4) is 0 Å². The molecular formula is C38H26BN3P. The van der Waals surface area contributed by atoms with E-state index >= 15 is 0 Å². The molecule has 8 rings (SSSR count). The van der Waals surface area contributed by atoms with Gasteiger partial charge in [0.25, 0.3) is 0 Å². The largest absolute Gasteiger partial charge is 0.309 e. The van der Waals surface area contributed by atoms with Crippen molar-refractivity contribution in [1.29, 1.82) is 1.28 Å². The molecule has 0 aliphatic rings. The third-order valence-corrected chi connectivity index (χ3v) is 8.45. The number of nitrogens with zero attached hydrogens (tertiary/aromatic N) is 3. The molecule has 0 saturated heterocycles. The quantitative estimate of drug-likeness (QED) is 0.148. The highest BCUT2D eigenvalue weighted by molar-refractivity contribution is 7.58. The fourth-order valence-corrected chi connectivity index (χ4v) is 6.18. The summed E-state index contributed by atoms with van der Waals surface area (Å²) in [6.45, 7) is 1.93. The van der Waals surface area contributed by atoms with Crippen molar-refractivity contribution in [1.82, 2.24) is 14.5 Å². The Hall–Kier alpha value is -5.05. The molecule has 43 heavy (non-hydrogen) atoms. The van der Waals surface area contributed by atoms with Crippen molar-refractivity contribution in [2.75, 3.05) is 0 Å². The summed E-state index contributed by atoms with van der Waals surface area (Å²) in [5.41, 5.74) is 10.6. The monoisotopic (exact) mass is 568 g/mol. The summed E-state index contributed by atoms with van der Waals surface area (Å²) in [5, 5.41) is 3.47. The lowest BCUT2D eigenvalue weighted by atomic mass is 9.91. The van der Waals surface area contributed by atoms with Crippen LogP contribution in [0.25, 0.3) is 72.2 Å². The lowest BCUT2D eigenvalue weighted by Gasteiger charge is -2.12. The van der Waals surface area contributed by atoms with Crippen molar-refractivity contribution in [3.05, 3.63) is 146 Å². The Morgan fingerprint density at radius 2 is 1.14 bits per heavy atom. The lowest BCUT2D eigenvalue weighted by Crippen LogP contribution is -2.08. The first-order valence-corrected chi connectivity index (χ1v) is 14.9. The molecule has 3 nitrogen and oxygen atoms in total. The van der Waals surface area contributed by atoms with Crippen molar-refractivity contribution in [3.63, 3.8) is 0 Å². The van der Waals surface area contributed by atoms with Crippen LogP contribution in [0.1, 0.15) is 0 Å². The van der Waals surface area contributed by atoms with Crippen LogP contribution in [0.4, 0.5) is 0 Å². The van der Waals surface area contributed by atoms with Gasteiger partial charge < -0.3 is 4.57 Å². The maximum absolute atomic E-state index is 7.72. The van der Waals surface area contributed by atoms with Gasteiger partial charge in [0.1, 0.15) is 0 Å². The first kappa shape index (κ1) is 24.5. The van der Waals surface area contributed by atoms with Crippen LogP contribution >= 0.6 is 9.06 Å². The minimum Gasteiger partial charge on any atom is -0.309 e. The number of para-hydroxylation sites is 2. The van der Waals surface area contributed by atoms with Gasteiger partial charge in [0, 0.05) is 34.3 Å². The van der Waals surface area contributed by atoms with Crippen LogP contribution in [-0.4, -0.2) is 22.8 Å². The maximum atomic E-state index is 7.72. The molecule has 0 aliphatic carbocycles. The smallest absolute Gasteiger partial charge is 0.178 e. The van der Waals surface area contributed by atoms with Gasteiger partial charge in [-0.3, -0.25) is 0 Å². The molecule has 8 aromatic rings. The van der Waals surface area contributed by atoms with E-state index in [4.69, 9.17) is 11.2 Å². The van der Waals surface area contributed by atoms with Crippen LogP contribution in [0, 0.1) is 0 Å². The first-order valence-electron chi connectivity index (χ1n) is 14.8. The zero-order valence-corrected chi connectivity index (χ0v) is 24.3. The molecule has 0 fully saturated rings. The molecule has 201 valence electrons. The first-order chi connectivity index (χ1) is 21.8. The van der Waals surface area contributed by atoms with Gasteiger partial charge in [0.15, 0.2) is 12.8 Å². The molecule has 0 N–H and O–H groups in total. The van der Waals surface area contributed by atoms with Gasteiger partial charge in [0.2, 0.25) is 0 Å². The van der Waals surface area contributed by atoms with Crippen molar-refractivity contribution in [2.24, 2.45) is 0 Å². The topological polar surface area (TPSA) is 30.7 Å². The SMILES string of the molecule is [3H]P[B]c1ccc2nc(-c3ccc(-n4c5ccccc5c5ccccc54)cc3)nc(-c3ccc(-c4ccccc4)cc3)c2c1. The number of hydrogen-bond acceptors (Lipinski definition) is 2. The molecule has 0 spiro atoms. The van der Waals surface area contributed by atoms with E-state index in [1.165, 1.54) is 27.4 Å². The standard InChI is InChI=1S/C38H26BN3P/c43-39-29-20-23-34-33(24-29)37(27-16-14-26(15-17-27)25-8-2-1-3-9-25)41-38(40-34)28-18-21-30(22-19-28)42-35-12-6-4-10-31(35)32-11-5-7-13-36(32)42/h1-24H,43H2/i43T.